The van der Waals surface area contributed by atoms with Gasteiger partial charge in [-0.1, -0.05) is 11.6 Å². The maximum absolute atomic E-state index is 12.9. The minimum atomic E-state index is -0.511. The largest absolute Gasteiger partial charge is 0.493 e. The summed E-state index contributed by atoms with van der Waals surface area (Å²) in [5.41, 5.74) is 0.616. The second-order valence-electron chi connectivity index (χ2n) is 4.74. The van der Waals surface area contributed by atoms with Gasteiger partial charge in [-0.15, -0.1) is 0 Å². The molecule has 0 amide bonds. The van der Waals surface area contributed by atoms with Crippen LogP contribution in [0.1, 0.15) is 15.9 Å². The van der Waals surface area contributed by atoms with Crippen LogP contribution in [0.4, 0.5) is 4.39 Å². The molecule has 2 aromatic rings. The Bertz CT molecular complexity index is 839. The lowest BCUT2D eigenvalue weighted by Gasteiger charge is -2.10. The molecular weight excluding hydrogens is 333 g/mol. The van der Waals surface area contributed by atoms with Gasteiger partial charge < -0.3 is 9.47 Å². The first-order chi connectivity index (χ1) is 11.5. The van der Waals surface area contributed by atoms with Crippen LogP contribution >= 0.6 is 11.6 Å². The third kappa shape index (κ3) is 3.73. The van der Waals surface area contributed by atoms with Gasteiger partial charge >= 0.3 is 0 Å². The zero-order chi connectivity index (χ0) is 17.7. The highest BCUT2D eigenvalue weighted by Crippen LogP contribution is 2.36. The average molecular weight is 346 g/mol. The van der Waals surface area contributed by atoms with Crippen molar-refractivity contribution in [2.24, 2.45) is 0 Å². The molecule has 0 heterocycles. The number of benzene rings is 2. The van der Waals surface area contributed by atoms with Crippen molar-refractivity contribution >= 4 is 23.5 Å². The molecule has 122 valence electrons. The first-order valence-electron chi connectivity index (χ1n) is 6.83. The highest BCUT2D eigenvalue weighted by atomic mass is 35.5. The summed E-state index contributed by atoms with van der Waals surface area (Å²) in [6.45, 7) is 0. The molecule has 0 radical (unpaired) electrons. The van der Waals surface area contributed by atoms with Crippen LogP contribution in [0.25, 0.3) is 6.08 Å². The first-order valence-corrected chi connectivity index (χ1v) is 7.21. The number of carbonyl (C=O) groups is 1. The number of nitriles is 1. The molecule has 0 bridgehead atoms. The van der Waals surface area contributed by atoms with Crippen LogP contribution < -0.4 is 9.47 Å². The van der Waals surface area contributed by atoms with Crippen LogP contribution in [0, 0.1) is 17.1 Å². The second kappa shape index (κ2) is 7.62. The van der Waals surface area contributed by atoms with Gasteiger partial charge in [0.15, 0.2) is 11.5 Å². The highest BCUT2D eigenvalue weighted by Gasteiger charge is 2.14. The molecule has 2 aromatic carbocycles. The van der Waals surface area contributed by atoms with Crippen molar-refractivity contribution in [1.82, 2.24) is 0 Å². The van der Waals surface area contributed by atoms with Crippen molar-refractivity contribution in [1.29, 1.82) is 5.26 Å². The van der Waals surface area contributed by atoms with Gasteiger partial charge in [0.25, 0.3) is 0 Å². The molecule has 24 heavy (non-hydrogen) atoms. The van der Waals surface area contributed by atoms with E-state index in [-0.39, 0.29) is 16.2 Å². The molecule has 0 spiro atoms. The lowest BCUT2D eigenvalue weighted by Crippen LogP contribution is -2.02. The van der Waals surface area contributed by atoms with Crippen LogP contribution in [-0.4, -0.2) is 20.0 Å². The molecule has 0 atom stereocenters. The minimum Gasteiger partial charge on any atom is -0.493 e. The molecule has 0 saturated heterocycles. The summed E-state index contributed by atoms with van der Waals surface area (Å²) < 4.78 is 23.3. The molecule has 0 saturated carbocycles. The van der Waals surface area contributed by atoms with E-state index in [0.29, 0.717) is 17.1 Å². The number of methoxy groups -OCH3 is 2. The number of Topliss-reactive ketones (excluding diaryl/α,β-unsaturated/α-hetero) is 1. The molecular formula is C18H13ClFNO3. The van der Waals surface area contributed by atoms with Crippen molar-refractivity contribution in [2.45, 2.75) is 0 Å². The third-order valence-corrected chi connectivity index (χ3v) is 3.52. The van der Waals surface area contributed by atoms with E-state index >= 15 is 0 Å². The van der Waals surface area contributed by atoms with Gasteiger partial charge in [-0.2, -0.15) is 5.26 Å². The van der Waals surface area contributed by atoms with Gasteiger partial charge in [0.05, 0.1) is 19.2 Å². The number of carbonyl (C=O) groups excluding carboxylic acids is 1. The summed E-state index contributed by atoms with van der Waals surface area (Å²) in [7, 11) is 2.91. The minimum absolute atomic E-state index is 0.107. The normalized spacial score (nSPS) is 10.9. The first kappa shape index (κ1) is 17.5. The highest BCUT2D eigenvalue weighted by molar-refractivity contribution is 6.32. The third-order valence-electron chi connectivity index (χ3n) is 3.24. The van der Waals surface area contributed by atoms with Crippen LogP contribution in [0.5, 0.6) is 11.5 Å². The molecule has 0 fully saturated rings. The van der Waals surface area contributed by atoms with Crippen molar-refractivity contribution in [3.63, 3.8) is 0 Å². The van der Waals surface area contributed by atoms with Gasteiger partial charge in [-0.05, 0) is 48.0 Å². The van der Waals surface area contributed by atoms with Crippen molar-refractivity contribution < 1.29 is 18.7 Å². The summed E-state index contributed by atoms with van der Waals surface area (Å²) in [5.74, 6) is -0.230. The van der Waals surface area contributed by atoms with E-state index in [9.17, 15) is 14.4 Å². The van der Waals surface area contributed by atoms with Crippen molar-refractivity contribution in [3.05, 3.63) is 63.9 Å². The Labute approximate surface area is 143 Å². The fourth-order valence-electron chi connectivity index (χ4n) is 2.09. The average Bonchev–Trinajstić information content (AvgIpc) is 2.59. The quantitative estimate of drug-likeness (QED) is 0.461. The molecule has 4 nitrogen and oxygen atoms in total. The molecule has 0 aromatic heterocycles. The Morgan fingerprint density at radius 1 is 1.21 bits per heavy atom. The van der Waals surface area contributed by atoms with E-state index in [4.69, 9.17) is 21.1 Å². The number of rotatable bonds is 5. The molecule has 0 aliphatic carbocycles. The lowest BCUT2D eigenvalue weighted by atomic mass is 10.0. The molecule has 6 heteroatoms. The predicted octanol–water partition coefficient (Wildman–Crippen LogP) is 4.29. The van der Waals surface area contributed by atoms with E-state index < -0.39 is 11.6 Å². The van der Waals surface area contributed by atoms with Crippen molar-refractivity contribution in [3.8, 4) is 17.6 Å². The second-order valence-corrected chi connectivity index (χ2v) is 5.15. The Morgan fingerprint density at radius 3 is 2.42 bits per heavy atom. The van der Waals surface area contributed by atoms with E-state index in [1.807, 2.05) is 6.07 Å². The topological polar surface area (TPSA) is 59.3 Å². The molecule has 0 unspecified atom stereocenters. The summed E-state index contributed by atoms with van der Waals surface area (Å²) in [6.07, 6.45) is 1.39. The number of nitrogens with zero attached hydrogens (tertiary/aromatic N) is 1. The van der Waals surface area contributed by atoms with Gasteiger partial charge in [-0.3, -0.25) is 4.79 Å². The van der Waals surface area contributed by atoms with Gasteiger partial charge in [0, 0.05) is 5.56 Å². The maximum atomic E-state index is 12.9. The van der Waals surface area contributed by atoms with E-state index in [1.165, 1.54) is 32.4 Å². The fourth-order valence-corrected chi connectivity index (χ4v) is 2.39. The van der Waals surface area contributed by atoms with Gasteiger partial charge in [0.2, 0.25) is 5.78 Å². The Kier molecular flexibility index (Phi) is 5.56. The van der Waals surface area contributed by atoms with E-state index in [0.717, 1.165) is 12.1 Å². The monoisotopic (exact) mass is 345 g/mol. The Morgan fingerprint density at radius 2 is 1.88 bits per heavy atom. The fraction of sp³-hybridized carbons (Fsp3) is 0.111. The number of halogens is 2. The molecule has 0 N–H and O–H groups in total. The standard InChI is InChI=1S/C18H13ClFNO3/c1-23-16-9-11(8-15(19)18(16)24-2)7-13(10-21)17(22)12-3-5-14(20)6-4-12/h3-9H,1-2H3/b13-7+. The van der Waals surface area contributed by atoms with Gasteiger partial charge in [-0.25, -0.2) is 4.39 Å². The summed E-state index contributed by atoms with van der Waals surface area (Å²) >= 11 is 6.11. The van der Waals surface area contributed by atoms with Crippen LogP contribution in [0.15, 0.2) is 42.0 Å². The Balaban J connectivity index is 2.44. The van der Waals surface area contributed by atoms with Crippen molar-refractivity contribution in [2.75, 3.05) is 14.2 Å². The Hall–Kier alpha value is -2.84. The van der Waals surface area contributed by atoms with Crippen LogP contribution in [0.3, 0.4) is 0 Å². The van der Waals surface area contributed by atoms with Crippen LogP contribution in [-0.2, 0) is 0 Å². The maximum Gasteiger partial charge on any atom is 0.203 e. The number of hydrogen-bond acceptors (Lipinski definition) is 4. The zero-order valence-electron chi connectivity index (χ0n) is 13.0. The summed E-state index contributed by atoms with van der Waals surface area (Å²) in [5, 5.41) is 9.55. The summed E-state index contributed by atoms with van der Waals surface area (Å²) in [4.78, 5) is 12.4. The number of allylic oxidation sites excluding steroid dienone is 1. The SMILES string of the molecule is COc1cc(/C=C(\C#N)C(=O)c2ccc(F)cc2)cc(Cl)c1OC. The van der Waals surface area contributed by atoms with E-state index in [1.54, 1.807) is 12.1 Å². The lowest BCUT2D eigenvalue weighted by molar-refractivity contribution is 0.104. The molecule has 2 rings (SSSR count). The molecule has 0 aliphatic heterocycles. The predicted molar refractivity (Wildman–Crippen MR) is 88.9 cm³/mol. The number of ether oxygens (including phenoxy) is 2. The smallest absolute Gasteiger partial charge is 0.203 e. The zero-order valence-corrected chi connectivity index (χ0v) is 13.7. The number of ketones is 1. The van der Waals surface area contributed by atoms with E-state index in [2.05, 4.69) is 0 Å². The summed E-state index contributed by atoms with van der Waals surface area (Å²) in [6, 6.07) is 9.97. The van der Waals surface area contributed by atoms with Crippen LogP contribution in [0.2, 0.25) is 5.02 Å². The van der Waals surface area contributed by atoms with Gasteiger partial charge in [0.1, 0.15) is 17.5 Å². The molecule has 0 aliphatic rings. The number of hydrogen-bond donors (Lipinski definition) is 0.